The number of nitrogens with one attached hydrogen (secondary N) is 1. The summed E-state index contributed by atoms with van der Waals surface area (Å²) in [5, 5.41) is 12.9. The normalized spacial score (nSPS) is 24.3. The predicted molar refractivity (Wildman–Crippen MR) is 102 cm³/mol. The Morgan fingerprint density at radius 2 is 2.04 bits per heavy atom. The number of carbonyl (C=O) groups excluding carboxylic acids is 1. The minimum atomic E-state index is -0.590. The van der Waals surface area contributed by atoms with E-state index in [2.05, 4.69) is 11.1 Å². The van der Waals surface area contributed by atoms with E-state index in [4.69, 9.17) is 5.73 Å². The first-order valence-corrected chi connectivity index (χ1v) is 9.87. The molecule has 5 rings (SSSR count). The largest absolute Gasteiger partial charge is 0.390 e. The molecule has 1 saturated heterocycles. The van der Waals surface area contributed by atoms with Crippen LogP contribution in [0.2, 0.25) is 0 Å². The SMILES string of the molecule is N[C@H]1c2ccccc2C2(CCN(C(=O)c3cc4sccc4[nH]3)CC2)[C@@H]1O. The molecule has 26 heavy (non-hydrogen) atoms. The Bertz CT molecular complexity index is 955. The number of fused-ring (bicyclic) bond motifs is 3. The van der Waals surface area contributed by atoms with Gasteiger partial charge in [-0.3, -0.25) is 4.79 Å². The smallest absolute Gasteiger partial charge is 0.270 e. The molecule has 1 fully saturated rings. The molecule has 0 saturated carbocycles. The second-order valence-corrected chi connectivity index (χ2v) is 8.34. The fourth-order valence-electron chi connectivity index (χ4n) is 4.72. The lowest BCUT2D eigenvalue weighted by molar-refractivity contribution is 0.0260. The van der Waals surface area contributed by atoms with Gasteiger partial charge in [0.05, 0.1) is 22.4 Å². The third-order valence-corrected chi connectivity index (χ3v) is 7.04. The first-order valence-electron chi connectivity index (χ1n) is 8.99. The Hall–Kier alpha value is -2.15. The van der Waals surface area contributed by atoms with Crippen molar-refractivity contribution in [2.75, 3.05) is 13.1 Å². The van der Waals surface area contributed by atoms with Crippen LogP contribution in [0.25, 0.3) is 10.2 Å². The van der Waals surface area contributed by atoms with Crippen molar-refractivity contribution in [1.82, 2.24) is 9.88 Å². The van der Waals surface area contributed by atoms with Crippen molar-refractivity contribution in [3.05, 3.63) is 58.6 Å². The van der Waals surface area contributed by atoms with Crippen LogP contribution in [0.4, 0.5) is 0 Å². The summed E-state index contributed by atoms with van der Waals surface area (Å²) in [6.07, 6.45) is 0.882. The van der Waals surface area contributed by atoms with Crippen molar-refractivity contribution in [3.8, 4) is 0 Å². The first-order chi connectivity index (χ1) is 12.6. The highest BCUT2D eigenvalue weighted by atomic mass is 32.1. The molecule has 6 heteroatoms. The van der Waals surface area contributed by atoms with Gasteiger partial charge in [0.2, 0.25) is 0 Å². The lowest BCUT2D eigenvalue weighted by Gasteiger charge is -2.42. The van der Waals surface area contributed by atoms with Crippen LogP contribution in [0, 0.1) is 0 Å². The maximum atomic E-state index is 12.9. The van der Waals surface area contributed by atoms with Crippen molar-refractivity contribution in [2.24, 2.45) is 5.73 Å². The van der Waals surface area contributed by atoms with E-state index in [0.29, 0.717) is 18.8 Å². The number of aromatic nitrogens is 1. The number of carbonyl (C=O) groups is 1. The summed E-state index contributed by atoms with van der Waals surface area (Å²) < 4.78 is 1.10. The van der Waals surface area contributed by atoms with Gasteiger partial charge in [-0.05, 0) is 41.5 Å². The summed E-state index contributed by atoms with van der Waals surface area (Å²) in [7, 11) is 0. The standard InChI is InChI=1S/C20H21N3O2S/c21-17-12-3-1-2-4-13(12)20(18(17)24)6-8-23(9-7-20)19(25)15-11-16-14(22-15)5-10-26-16/h1-5,10-11,17-18,22,24H,6-9,21H2/t17-,18+/m0/s1. The van der Waals surface area contributed by atoms with Crippen LogP contribution in [-0.4, -0.2) is 40.1 Å². The van der Waals surface area contributed by atoms with Gasteiger partial charge < -0.3 is 20.7 Å². The van der Waals surface area contributed by atoms with Gasteiger partial charge in [0.25, 0.3) is 5.91 Å². The molecule has 134 valence electrons. The average molecular weight is 367 g/mol. The predicted octanol–water partition coefficient (Wildman–Crippen LogP) is 2.78. The number of aromatic amines is 1. The Morgan fingerprint density at radius 1 is 1.27 bits per heavy atom. The first kappa shape index (κ1) is 16.1. The number of aliphatic hydroxyl groups excluding tert-OH is 1. The monoisotopic (exact) mass is 367 g/mol. The minimum Gasteiger partial charge on any atom is -0.390 e. The molecule has 0 radical (unpaired) electrons. The van der Waals surface area contributed by atoms with Crippen molar-refractivity contribution >= 4 is 27.5 Å². The zero-order valence-corrected chi connectivity index (χ0v) is 15.1. The van der Waals surface area contributed by atoms with E-state index in [1.807, 2.05) is 40.6 Å². The van der Waals surface area contributed by atoms with E-state index in [1.54, 1.807) is 11.3 Å². The number of benzene rings is 1. The maximum absolute atomic E-state index is 12.9. The Morgan fingerprint density at radius 3 is 2.81 bits per heavy atom. The summed E-state index contributed by atoms with van der Waals surface area (Å²) in [5.74, 6) is 0.0355. The van der Waals surface area contributed by atoms with E-state index in [-0.39, 0.29) is 17.4 Å². The van der Waals surface area contributed by atoms with Crippen molar-refractivity contribution in [1.29, 1.82) is 0 Å². The molecular weight excluding hydrogens is 346 g/mol. The van der Waals surface area contributed by atoms with Crippen molar-refractivity contribution < 1.29 is 9.90 Å². The van der Waals surface area contributed by atoms with Crippen LogP contribution >= 0.6 is 11.3 Å². The number of nitrogens with zero attached hydrogens (tertiary/aromatic N) is 1. The molecule has 0 bridgehead atoms. The van der Waals surface area contributed by atoms with Gasteiger partial charge in [-0.15, -0.1) is 11.3 Å². The number of hydrogen-bond acceptors (Lipinski definition) is 4. The fourth-order valence-corrected chi connectivity index (χ4v) is 5.50. The quantitative estimate of drug-likeness (QED) is 0.618. The summed E-state index contributed by atoms with van der Waals surface area (Å²) in [6, 6.07) is 11.7. The number of nitrogens with two attached hydrogens (primary N) is 1. The lowest BCUT2D eigenvalue weighted by Crippen LogP contribution is -2.50. The number of H-pyrrole nitrogens is 1. The number of amides is 1. The van der Waals surface area contributed by atoms with Gasteiger partial charge in [0.1, 0.15) is 5.69 Å². The maximum Gasteiger partial charge on any atom is 0.270 e. The third-order valence-electron chi connectivity index (χ3n) is 6.18. The van der Waals surface area contributed by atoms with Crippen molar-refractivity contribution in [3.63, 3.8) is 0 Å². The van der Waals surface area contributed by atoms with Gasteiger partial charge in [0.15, 0.2) is 0 Å². The van der Waals surface area contributed by atoms with Crippen molar-refractivity contribution in [2.45, 2.75) is 30.4 Å². The van der Waals surface area contributed by atoms with Gasteiger partial charge in [-0.1, -0.05) is 24.3 Å². The molecule has 2 atom stereocenters. The highest BCUT2D eigenvalue weighted by Gasteiger charge is 2.51. The van der Waals surface area contributed by atoms with Crippen LogP contribution in [-0.2, 0) is 5.41 Å². The van der Waals surface area contributed by atoms with Gasteiger partial charge in [0, 0.05) is 18.5 Å². The highest BCUT2D eigenvalue weighted by Crippen LogP contribution is 2.50. The Balaban J connectivity index is 1.39. The summed E-state index contributed by atoms with van der Waals surface area (Å²) >= 11 is 1.63. The molecule has 3 heterocycles. The van der Waals surface area contributed by atoms with Crippen LogP contribution in [0.15, 0.2) is 41.8 Å². The van der Waals surface area contributed by atoms with E-state index in [1.165, 1.54) is 0 Å². The van der Waals surface area contributed by atoms with Gasteiger partial charge >= 0.3 is 0 Å². The fraction of sp³-hybridized carbons (Fsp3) is 0.350. The second kappa shape index (κ2) is 5.67. The molecule has 1 aromatic carbocycles. The zero-order valence-electron chi connectivity index (χ0n) is 14.3. The molecule has 1 amide bonds. The molecule has 1 spiro atoms. The highest BCUT2D eigenvalue weighted by molar-refractivity contribution is 7.17. The number of rotatable bonds is 1. The number of hydrogen-bond donors (Lipinski definition) is 3. The van der Waals surface area contributed by atoms with E-state index >= 15 is 0 Å². The van der Waals surface area contributed by atoms with E-state index < -0.39 is 6.10 Å². The van der Waals surface area contributed by atoms with Crippen LogP contribution in [0.1, 0.15) is 40.5 Å². The molecule has 0 unspecified atom stereocenters. The average Bonchev–Trinajstić information content (AvgIpc) is 3.32. The number of piperidine rings is 1. The molecular formula is C20H21N3O2S. The summed E-state index contributed by atoms with van der Waals surface area (Å²) in [5.41, 5.74) is 9.81. The van der Waals surface area contributed by atoms with Crippen LogP contribution < -0.4 is 5.73 Å². The van der Waals surface area contributed by atoms with E-state index in [9.17, 15) is 9.90 Å². The molecule has 5 nitrogen and oxygen atoms in total. The Labute approximate surface area is 155 Å². The number of likely N-dealkylation sites (tertiary alicyclic amines) is 1. The molecule has 2 aromatic heterocycles. The lowest BCUT2D eigenvalue weighted by atomic mass is 9.72. The van der Waals surface area contributed by atoms with E-state index in [0.717, 1.165) is 34.2 Å². The number of aliphatic hydroxyl groups is 1. The van der Waals surface area contributed by atoms with Crippen LogP contribution in [0.5, 0.6) is 0 Å². The second-order valence-electron chi connectivity index (χ2n) is 7.39. The summed E-state index contributed by atoms with van der Waals surface area (Å²) in [4.78, 5) is 18.0. The van der Waals surface area contributed by atoms with Crippen LogP contribution in [0.3, 0.4) is 0 Å². The Kier molecular flexibility index (Phi) is 3.50. The zero-order chi connectivity index (χ0) is 17.9. The summed E-state index contributed by atoms with van der Waals surface area (Å²) in [6.45, 7) is 1.26. The molecule has 4 N–H and O–H groups in total. The molecule has 1 aliphatic heterocycles. The topological polar surface area (TPSA) is 82.3 Å². The molecule has 2 aliphatic rings. The minimum absolute atomic E-state index is 0.0355. The van der Waals surface area contributed by atoms with Gasteiger partial charge in [-0.2, -0.15) is 0 Å². The third kappa shape index (κ3) is 2.13. The molecule has 1 aliphatic carbocycles. The number of thiophene rings is 1. The molecule has 3 aromatic rings. The van der Waals surface area contributed by atoms with Gasteiger partial charge in [-0.25, -0.2) is 0 Å².